The molecule has 1 heterocycles. The van der Waals surface area contributed by atoms with Crippen LogP contribution >= 0.6 is 0 Å². The molecule has 3 aromatic rings. The van der Waals surface area contributed by atoms with Crippen LogP contribution in [0.1, 0.15) is 50.3 Å². The van der Waals surface area contributed by atoms with Crippen LogP contribution in [0, 0.1) is 0 Å². The van der Waals surface area contributed by atoms with Crippen molar-refractivity contribution in [1.29, 1.82) is 0 Å². The lowest BCUT2D eigenvalue weighted by Gasteiger charge is -2.19. The van der Waals surface area contributed by atoms with Crippen molar-refractivity contribution < 1.29 is 0 Å². The second kappa shape index (κ2) is 11.1. The molecule has 0 unspecified atom stereocenters. The van der Waals surface area contributed by atoms with E-state index in [1.807, 2.05) is 18.2 Å². The highest BCUT2D eigenvalue weighted by molar-refractivity contribution is 5.80. The maximum atomic E-state index is 4.58. The highest BCUT2D eigenvalue weighted by Gasteiger charge is 2.11. The largest absolute Gasteiger partial charge is 0.350 e. The predicted molar refractivity (Wildman–Crippen MR) is 129 cm³/mol. The molecule has 0 aliphatic rings. The smallest absolute Gasteiger partial charge is 0.250 e. The van der Waals surface area contributed by atoms with Crippen LogP contribution in [0.2, 0.25) is 0 Å². The summed E-state index contributed by atoms with van der Waals surface area (Å²) in [6, 6.07) is 18.5. The monoisotopic (exact) mass is 417 g/mol. The Hall–Kier alpha value is -3.48. The molecule has 0 fully saturated rings. The van der Waals surface area contributed by atoms with E-state index >= 15 is 0 Å². The fourth-order valence-corrected chi connectivity index (χ4v) is 3.05. The molecule has 3 rings (SSSR count). The molecular weight excluding hydrogens is 386 g/mol. The molecule has 0 spiro atoms. The maximum absolute atomic E-state index is 4.58. The summed E-state index contributed by atoms with van der Waals surface area (Å²) in [4.78, 5) is 15.7. The Morgan fingerprint density at radius 2 is 1.58 bits per heavy atom. The summed E-state index contributed by atoms with van der Waals surface area (Å²) in [5, 5.41) is 7.61. The number of anilines is 3. The predicted octanol–water partition coefficient (Wildman–Crippen LogP) is 4.90. The summed E-state index contributed by atoms with van der Waals surface area (Å²) in [6.07, 6.45) is 1.77. The molecular formula is C24H31N7. The fraction of sp³-hybridized carbons (Fsp3) is 0.333. The van der Waals surface area contributed by atoms with Gasteiger partial charge in [0.05, 0.1) is 6.21 Å². The lowest BCUT2D eigenvalue weighted by molar-refractivity contribution is 0.812. The van der Waals surface area contributed by atoms with Gasteiger partial charge in [0.25, 0.3) is 0 Å². The van der Waals surface area contributed by atoms with E-state index in [0.717, 1.165) is 24.2 Å². The molecule has 31 heavy (non-hydrogen) atoms. The highest BCUT2D eigenvalue weighted by atomic mass is 15.4. The molecule has 7 heteroatoms. The van der Waals surface area contributed by atoms with Gasteiger partial charge in [-0.05, 0) is 36.5 Å². The van der Waals surface area contributed by atoms with Crippen molar-refractivity contribution in [2.75, 3.05) is 28.7 Å². The van der Waals surface area contributed by atoms with Crippen molar-refractivity contribution in [2.24, 2.45) is 5.10 Å². The molecule has 0 atom stereocenters. The first-order valence-electron chi connectivity index (χ1n) is 10.8. The number of hydrazone groups is 1. The molecule has 2 aromatic carbocycles. The van der Waals surface area contributed by atoms with Gasteiger partial charge in [-0.25, -0.2) is 5.43 Å². The Kier molecular flexibility index (Phi) is 7.92. The van der Waals surface area contributed by atoms with Gasteiger partial charge in [-0.1, -0.05) is 68.4 Å². The summed E-state index contributed by atoms with van der Waals surface area (Å²) in [7, 11) is 0. The van der Waals surface area contributed by atoms with Gasteiger partial charge in [0.15, 0.2) is 0 Å². The third-order valence-corrected chi connectivity index (χ3v) is 4.94. The molecule has 2 N–H and O–H groups in total. The average molecular weight is 418 g/mol. The standard InChI is InChI=1S/C24H31N7/c1-5-31(6-2)24-28-22(25-16-19-10-8-7-9-11-19)27-23(29-24)30-26-17-20-12-14-21(15-13-20)18(3)4/h7-15,17-18H,5-6,16H2,1-4H3,(H2,25,27,28,29,30)/b26-17+. The van der Waals surface area contributed by atoms with Crippen molar-refractivity contribution in [2.45, 2.75) is 40.2 Å². The van der Waals surface area contributed by atoms with Crippen molar-refractivity contribution in [3.63, 3.8) is 0 Å². The van der Waals surface area contributed by atoms with Crippen molar-refractivity contribution in [3.05, 3.63) is 71.3 Å². The van der Waals surface area contributed by atoms with Gasteiger partial charge < -0.3 is 10.2 Å². The van der Waals surface area contributed by atoms with Crippen LogP contribution in [0.15, 0.2) is 59.7 Å². The minimum absolute atomic E-state index is 0.405. The van der Waals surface area contributed by atoms with E-state index < -0.39 is 0 Å². The lowest BCUT2D eigenvalue weighted by atomic mass is 10.0. The SMILES string of the molecule is CCN(CC)c1nc(NCc2ccccc2)nc(N/N=C/c2ccc(C(C)C)cc2)n1. The van der Waals surface area contributed by atoms with Gasteiger partial charge in [0.2, 0.25) is 17.8 Å². The van der Waals surface area contributed by atoms with Gasteiger partial charge in [-0.3, -0.25) is 0 Å². The van der Waals surface area contributed by atoms with Crippen LogP contribution in [0.4, 0.5) is 17.8 Å². The molecule has 162 valence electrons. The number of hydrogen-bond donors (Lipinski definition) is 2. The van der Waals surface area contributed by atoms with E-state index in [9.17, 15) is 0 Å². The van der Waals surface area contributed by atoms with Crippen LogP contribution in [-0.2, 0) is 6.54 Å². The second-order valence-corrected chi connectivity index (χ2v) is 7.49. The van der Waals surface area contributed by atoms with Crippen molar-refractivity contribution in [1.82, 2.24) is 15.0 Å². The van der Waals surface area contributed by atoms with E-state index in [1.54, 1.807) is 6.21 Å². The number of nitrogens with zero attached hydrogens (tertiary/aromatic N) is 5. The zero-order valence-corrected chi connectivity index (χ0v) is 18.7. The molecule has 1 aromatic heterocycles. The average Bonchev–Trinajstić information content (AvgIpc) is 2.79. The summed E-state index contributed by atoms with van der Waals surface area (Å²) in [5.41, 5.74) is 6.43. The number of hydrogen-bond acceptors (Lipinski definition) is 7. The molecule has 0 aliphatic heterocycles. The van der Waals surface area contributed by atoms with Crippen LogP contribution in [-0.4, -0.2) is 34.3 Å². The Labute approximate surface area is 184 Å². The van der Waals surface area contributed by atoms with Crippen LogP contribution in [0.5, 0.6) is 0 Å². The van der Waals surface area contributed by atoms with E-state index in [-0.39, 0.29) is 0 Å². The van der Waals surface area contributed by atoms with Crippen molar-refractivity contribution in [3.8, 4) is 0 Å². The van der Waals surface area contributed by atoms with Gasteiger partial charge >= 0.3 is 0 Å². The normalized spacial score (nSPS) is 11.1. The van der Waals surface area contributed by atoms with E-state index in [2.05, 4.69) is 99.8 Å². The minimum Gasteiger partial charge on any atom is -0.350 e. The second-order valence-electron chi connectivity index (χ2n) is 7.49. The third-order valence-electron chi connectivity index (χ3n) is 4.94. The first kappa shape index (κ1) is 22.2. The van der Waals surface area contributed by atoms with E-state index in [1.165, 1.54) is 5.56 Å². The molecule has 0 saturated heterocycles. The fourth-order valence-electron chi connectivity index (χ4n) is 3.05. The first-order chi connectivity index (χ1) is 15.1. The lowest BCUT2D eigenvalue weighted by Crippen LogP contribution is -2.25. The van der Waals surface area contributed by atoms with Crippen LogP contribution in [0.3, 0.4) is 0 Å². The number of nitrogens with one attached hydrogen (secondary N) is 2. The zero-order valence-electron chi connectivity index (χ0n) is 18.7. The topological polar surface area (TPSA) is 78.3 Å². The van der Waals surface area contributed by atoms with Crippen LogP contribution in [0.25, 0.3) is 0 Å². The molecule has 0 aliphatic carbocycles. The van der Waals surface area contributed by atoms with Gasteiger partial charge in [0.1, 0.15) is 0 Å². The number of benzene rings is 2. The Bertz CT molecular complexity index is 965. The van der Waals surface area contributed by atoms with Crippen molar-refractivity contribution >= 4 is 24.1 Å². The summed E-state index contributed by atoms with van der Waals surface area (Å²) >= 11 is 0. The Morgan fingerprint density at radius 1 is 0.903 bits per heavy atom. The molecule has 0 saturated carbocycles. The zero-order chi connectivity index (χ0) is 22.1. The third kappa shape index (κ3) is 6.50. The van der Waals surface area contributed by atoms with Gasteiger partial charge in [0, 0.05) is 19.6 Å². The van der Waals surface area contributed by atoms with Crippen LogP contribution < -0.4 is 15.6 Å². The van der Waals surface area contributed by atoms with Gasteiger partial charge in [-0.2, -0.15) is 20.1 Å². The summed E-state index contributed by atoms with van der Waals surface area (Å²) in [6.45, 7) is 10.8. The highest BCUT2D eigenvalue weighted by Crippen LogP contribution is 2.16. The molecule has 7 nitrogen and oxygen atoms in total. The maximum Gasteiger partial charge on any atom is 0.250 e. The Balaban J connectivity index is 1.74. The first-order valence-corrected chi connectivity index (χ1v) is 10.8. The summed E-state index contributed by atoms with van der Waals surface area (Å²) < 4.78 is 0. The van der Waals surface area contributed by atoms with E-state index in [0.29, 0.717) is 30.3 Å². The quantitative estimate of drug-likeness (QED) is 0.361. The molecule has 0 amide bonds. The Morgan fingerprint density at radius 3 is 2.23 bits per heavy atom. The minimum atomic E-state index is 0.405. The number of rotatable bonds is 10. The molecule has 0 radical (unpaired) electrons. The van der Waals surface area contributed by atoms with E-state index in [4.69, 9.17) is 0 Å². The number of aromatic nitrogens is 3. The van der Waals surface area contributed by atoms with Gasteiger partial charge in [-0.15, -0.1) is 0 Å². The molecule has 0 bridgehead atoms. The summed E-state index contributed by atoms with van der Waals surface area (Å²) in [5.74, 6) is 2.05.